The fourth-order valence-corrected chi connectivity index (χ4v) is 5.32. The summed E-state index contributed by atoms with van der Waals surface area (Å²) in [5.41, 5.74) is 2.83. The second kappa shape index (κ2) is 11.3. The molecule has 0 spiro atoms. The third-order valence-corrected chi connectivity index (χ3v) is 7.11. The van der Waals surface area contributed by atoms with Crippen LogP contribution in [0.15, 0.2) is 65.8 Å². The van der Waals surface area contributed by atoms with E-state index in [1.807, 2.05) is 42.7 Å². The van der Waals surface area contributed by atoms with E-state index in [1.54, 1.807) is 30.3 Å². The van der Waals surface area contributed by atoms with Crippen molar-refractivity contribution in [3.8, 4) is 11.4 Å². The summed E-state index contributed by atoms with van der Waals surface area (Å²) in [5, 5.41) is 20.1. The number of hydrogen-bond donors (Lipinski definition) is 0. The van der Waals surface area contributed by atoms with Crippen molar-refractivity contribution >= 4 is 35.0 Å². The molecule has 0 N–H and O–H groups in total. The first-order valence-electron chi connectivity index (χ1n) is 10.9. The van der Waals surface area contributed by atoms with Crippen LogP contribution in [0, 0.1) is 29.8 Å². The van der Waals surface area contributed by atoms with Gasteiger partial charge in [-0.25, -0.2) is 4.39 Å². The molecule has 4 aromatic rings. The first-order valence-corrected chi connectivity index (χ1v) is 12.5. The molecule has 11 heteroatoms. The highest BCUT2D eigenvalue weighted by atomic mass is 35.5. The van der Waals surface area contributed by atoms with Crippen molar-refractivity contribution in [3.63, 3.8) is 0 Å². The molecule has 0 fully saturated rings. The number of rotatable bonds is 9. The Bertz CT molecular complexity index is 1380. The van der Waals surface area contributed by atoms with Crippen molar-refractivity contribution in [2.45, 2.75) is 30.9 Å². The Balaban J connectivity index is 1.62. The number of benzene rings is 3. The number of halogens is 3. The van der Waals surface area contributed by atoms with Gasteiger partial charge in [-0.05, 0) is 49.7 Å². The molecule has 1 aromatic heterocycles. The summed E-state index contributed by atoms with van der Waals surface area (Å²) in [6.07, 6.45) is 0. The number of aromatic nitrogens is 3. The molecule has 0 saturated carbocycles. The molecule has 36 heavy (non-hydrogen) atoms. The SMILES string of the molecule is Cc1ccc(-n2c(C)nnc2S[C@@H](C[N+](=O)[O-])c2cc(Cl)c(OCc3ccccc3F)c(Cl)c2)cc1. The van der Waals surface area contributed by atoms with Crippen LogP contribution < -0.4 is 4.74 Å². The maximum Gasteiger partial charge on any atom is 0.220 e. The molecule has 0 bridgehead atoms. The average Bonchev–Trinajstić information content (AvgIpc) is 3.19. The van der Waals surface area contributed by atoms with Crippen LogP contribution in [0.5, 0.6) is 5.75 Å². The predicted octanol–water partition coefficient (Wildman–Crippen LogP) is 7.02. The van der Waals surface area contributed by atoms with E-state index in [0.29, 0.717) is 22.1 Å². The smallest absolute Gasteiger partial charge is 0.220 e. The Hall–Kier alpha value is -3.14. The fourth-order valence-electron chi connectivity index (χ4n) is 3.55. The van der Waals surface area contributed by atoms with Crippen LogP contribution in [0.1, 0.15) is 27.8 Å². The van der Waals surface area contributed by atoms with Gasteiger partial charge in [0.2, 0.25) is 6.54 Å². The van der Waals surface area contributed by atoms with Gasteiger partial charge >= 0.3 is 0 Å². The molecule has 186 valence electrons. The van der Waals surface area contributed by atoms with E-state index in [1.165, 1.54) is 17.8 Å². The molecule has 0 aliphatic rings. The highest BCUT2D eigenvalue weighted by Gasteiger charge is 2.26. The molecular weight excluding hydrogens is 526 g/mol. The van der Waals surface area contributed by atoms with Gasteiger partial charge in [-0.15, -0.1) is 10.2 Å². The topological polar surface area (TPSA) is 83.1 Å². The van der Waals surface area contributed by atoms with Crippen LogP contribution in [0.2, 0.25) is 10.0 Å². The zero-order chi connectivity index (χ0) is 25.8. The van der Waals surface area contributed by atoms with Gasteiger partial charge in [-0.3, -0.25) is 14.7 Å². The monoisotopic (exact) mass is 546 g/mol. The summed E-state index contributed by atoms with van der Waals surface area (Å²) in [6, 6.07) is 17.2. The molecule has 0 radical (unpaired) electrons. The third kappa shape index (κ3) is 5.98. The quantitative estimate of drug-likeness (QED) is 0.127. The largest absolute Gasteiger partial charge is 0.486 e. The van der Waals surface area contributed by atoms with Gasteiger partial charge in [0.05, 0.1) is 10.0 Å². The van der Waals surface area contributed by atoms with Crippen LogP contribution in [0.4, 0.5) is 4.39 Å². The van der Waals surface area contributed by atoms with E-state index in [-0.39, 0.29) is 22.4 Å². The maximum atomic E-state index is 13.9. The molecule has 1 heterocycles. The van der Waals surface area contributed by atoms with E-state index >= 15 is 0 Å². The summed E-state index contributed by atoms with van der Waals surface area (Å²) in [4.78, 5) is 11.1. The Labute approximate surface area is 221 Å². The van der Waals surface area contributed by atoms with Crippen molar-refractivity contribution < 1.29 is 14.1 Å². The van der Waals surface area contributed by atoms with Crippen molar-refractivity contribution in [1.29, 1.82) is 0 Å². The summed E-state index contributed by atoms with van der Waals surface area (Å²) >= 11 is 14.1. The van der Waals surface area contributed by atoms with Gasteiger partial charge in [0.15, 0.2) is 10.9 Å². The minimum atomic E-state index is -0.664. The number of nitro groups is 1. The number of ether oxygens (including phenoxy) is 1. The maximum absolute atomic E-state index is 13.9. The van der Waals surface area contributed by atoms with Gasteiger partial charge in [-0.2, -0.15) is 0 Å². The Morgan fingerprint density at radius 2 is 1.75 bits per heavy atom. The lowest BCUT2D eigenvalue weighted by Gasteiger charge is -2.17. The van der Waals surface area contributed by atoms with E-state index in [0.717, 1.165) is 11.3 Å². The zero-order valence-electron chi connectivity index (χ0n) is 19.3. The highest BCUT2D eigenvalue weighted by Crippen LogP contribution is 2.42. The third-order valence-electron chi connectivity index (χ3n) is 5.37. The lowest BCUT2D eigenvalue weighted by Crippen LogP contribution is -2.11. The molecule has 0 aliphatic heterocycles. The van der Waals surface area contributed by atoms with Crippen molar-refractivity contribution in [3.05, 3.63) is 109 Å². The summed E-state index contributed by atoms with van der Waals surface area (Å²) in [5.74, 6) is 0.416. The Kier molecular flexibility index (Phi) is 8.13. The second-order valence-electron chi connectivity index (χ2n) is 8.02. The molecule has 0 amide bonds. The van der Waals surface area contributed by atoms with Crippen LogP contribution >= 0.6 is 35.0 Å². The minimum absolute atomic E-state index is 0.0720. The lowest BCUT2D eigenvalue weighted by molar-refractivity contribution is -0.479. The number of nitrogens with zero attached hydrogens (tertiary/aromatic N) is 4. The fraction of sp³-hybridized carbons (Fsp3) is 0.200. The van der Waals surface area contributed by atoms with Gasteiger partial charge in [0.25, 0.3) is 0 Å². The molecule has 4 rings (SSSR count). The van der Waals surface area contributed by atoms with Gasteiger partial charge in [0, 0.05) is 16.2 Å². The first kappa shape index (κ1) is 25.9. The van der Waals surface area contributed by atoms with E-state index in [2.05, 4.69) is 10.2 Å². The predicted molar refractivity (Wildman–Crippen MR) is 138 cm³/mol. The van der Waals surface area contributed by atoms with Gasteiger partial charge in [-0.1, -0.05) is 70.9 Å². The summed E-state index contributed by atoms with van der Waals surface area (Å²) < 4.78 is 21.5. The van der Waals surface area contributed by atoms with Crippen LogP contribution in [0.25, 0.3) is 5.69 Å². The molecule has 0 saturated heterocycles. The Morgan fingerprint density at radius 1 is 1.08 bits per heavy atom. The Morgan fingerprint density at radius 3 is 2.39 bits per heavy atom. The normalized spacial score (nSPS) is 11.9. The first-order chi connectivity index (χ1) is 17.2. The summed E-state index contributed by atoms with van der Waals surface area (Å²) in [6.45, 7) is 3.33. The molecule has 0 unspecified atom stereocenters. The van der Waals surface area contributed by atoms with E-state index in [9.17, 15) is 14.5 Å². The second-order valence-corrected chi connectivity index (χ2v) is 10.0. The average molecular weight is 547 g/mol. The molecule has 0 aliphatic carbocycles. The minimum Gasteiger partial charge on any atom is -0.486 e. The standard InChI is InChI=1S/C25H21Cl2FN4O3S/c1-15-7-9-19(10-8-15)32-16(2)29-30-25(32)36-23(13-31(33)34)18-11-20(26)24(21(27)12-18)35-14-17-5-3-4-6-22(17)28/h3-12,23H,13-14H2,1-2H3/t23-/m0/s1. The van der Waals surface area contributed by atoms with Crippen molar-refractivity contribution in [2.24, 2.45) is 0 Å². The van der Waals surface area contributed by atoms with E-state index in [4.69, 9.17) is 27.9 Å². The molecular formula is C25H21Cl2FN4O3S. The van der Waals surface area contributed by atoms with Gasteiger partial charge in [0.1, 0.15) is 23.5 Å². The van der Waals surface area contributed by atoms with Crippen LogP contribution in [-0.4, -0.2) is 26.2 Å². The molecule has 3 aromatic carbocycles. The molecule has 1 atom stereocenters. The van der Waals surface area contributed by atoms with Gasteiger partial charge < -0.3 is 4.74 Å². The number of aryl methyl sites for hydroxylation is 2. The summed E-state index contributed by atoms with van der Waals surface area (Å²) in [7, 11) is 0. The zero-order valence-corrected chi connectivity index (χ0v) is 21.6. The lowest BCUT2D eigenvalue weighted by atomic mass is 10.1. The van der Waals surface area contributed by atoms with Crippen molar-refractivity contribution in [1.82, 2.24) is 14.8 Å². The van der Waals surface area contributed by atoms with E-state index < -0.39 is 22.5 Å². The number of thioether (sulfide) groups is 1. The van der Waals surface area contributed by atoms with Crippen LogP contribution in [-0.2, 0) is 6.61 Å². The molecule has 7 nitrogen and oxygen atoms in total. The van der Waals surface area contributed by atoms with Crippen molar-refractivity contribution in [2.75, 3.05) is 6.54 Å². The highest BCUT2D eigenvalue weighted by molar-refractivity contribution is 7.99. The number of hydrogen-bond acceptors (Lipinski definition) is 6. The van der Waals surface area contributed by atoms with Crippen LogP contribution in [0.3, 0.4) is 0 Å².